The van der Waals surface area contributed by atoms with Crippen molar-refractivity contribution >= 4 is 30.7 Å². The fraction of sp³-hybridized carbons (Fsp3) is 0.933. The van der Waals surface area contributed by atoms with Gasteiger partial charge in [-0.3, -0.25) is 9.69 Å². The lowest BCUT2D eigenvalue weighted by Crippen LogP contribution is -2.55. The normalized spacial score (nSPS) is 18.0. The van der Waals surface area contributed by atoms with Crippen molar-refractivity contribution in [2.24, 2.45) is 11.1 Å². The highest BCUT2D eigenvalue weighted by molar-refractivity contribution is 5.85. The predicted octanol–water partition coefficient (Wildman–Crippen LogP) is 1.82. The number of morpholine rings is 1. The number of nitrogens with zero attached hydrogens (tertiary/aromatic N) is 1. The molecule has 0 radical (unpaired) electrons. The van der Waals surface area contributed by atoms with E-state index >= 15 is 0 Å². The number of halogens is 2. The Labute approximate surface area is 147 Å². The first-order valence-corrected chi connectivity index (χ1v) is 7.73. The van der Waals surface area contributed by atoms with Crippen LogP contribution >= 0.6 is 24.8 Å². The first kappa shape index (κ1) is 24.2. The molecule has 22 heavy (non-hydrogen) atoms. The van der Waals surface area contributed by atoms with Gasteiger partial charge in [0, 0.05) is 31.7 Å². The summed E-state index contributed by atoms with van der Waals surface area (Å²) >= 11 is 0. The van der Waals surface area contributed by atoms with E-state index in [-0.39, 0.29) is 36.3 Å². The topological polar surface area (TPSA) is 67.6 Å². The van der Waals surface area contributed by atoms with E-state index in [0.717, 1.165) is 39.1 Å². The quantitative estimate of drug-likeness (QED) is 0.729. The second-order valence-electron chi connectivity index (χ2n) is 6.30. The summed E-state index contributed by atoms with van der Waals surface area (Å²) in [4.78, 5) is 14.7. The van der Waals surface area contributed by atoms with Gasteiger partial charge in [0.2, 0.25) is 5.91 Å². The molecule has 134 valence electrons. The summed E-state index contributed by atoms with van der Waals surface area (Å²) in [5.41, 5.74) is 5.44. The van der Waals surface area contributed by atoms with E-state index in [1.165, 1.54) is 0 Å². The molecule has 0 aliphatic carbocycles. The average Bonchev–Trinajstić information content (AvgIpc) is 2.43. The summed E-state index contributed by atoms with van der Waals surface area (Å²) in [6.45, 7) is 12.8. The lowest BCUT2D eigenvalue weighted by Gasteiger charge is -2.42. The summed E-state index contributed by atoms with van der Waals surface area (Å²) in [5, 5.41) is 3.06. The van der Waals surface area contributed by atoms with Crippen LogP contribution in [0.25, 0.3) is 0 Å². The van der Waals surface area contributed by atoms with Crippen molar-refractivity contribution in [3.05, 3.63) is 0 Å². The maximum absolute atomic E-state index is 12.3. The van der Waals surface area contributed by atoms with Crippen molar-refractivity contribution in [1.82, 2.24) is 10.2 Å². The Hall–Kier alpha value is -0.0700. The van der Waals surface area contributed by atoms with Gasteiger partial charge in [0.15, 0.2) is 0 Å². The van der Waals surface area contributed by atoms with Gasteiger partial charge < -0.3 is 15.8 Å². The largest absolute Gasteiger partial charge is 0.378 e. The van der Waals surface area contributed by atoms with Crippen LogP contribution < -0.4 is 11.1 Å². The molecule has 0 unspecified atom stereocenters. The molecule has 1 rings (SSSR count). The predicted molar refractivity (Wildman–Crippen MR) is 96.0 cm³/mol. The molecule has 1 aliphatic heterocycles. The lowest BCUT2D eigenvalue weighted by atomic mass is 9.81. The van der Waals surface area contributed by atoms with Crippen molar-refractivity contribution in [3.8, 4) is 0 Å². The number of nitrogens with one attached hydrogen (secondary N) is 1. The maximum Gasteiger partial charge on any atom is 0.227 e. The molecule has 0 aromatic rings. The molecule has 1 amide bonds. The molecule has 0 saturated carbocycles. The Morgan fingerprint density at radius 2 is 1.91 bits per heavy atom. The number of carbonyl (C=O) groups excluding carboxylic acids is 1. The van der Waals surface area contributed by atoms with Gasteiger partial charge in [-0.05, 0) is 26.7 Å². The van der Waals surface area contributed by atoms with E-state index in [0.29, 0.717) is 13.1 Å². The maximum atomic E-state index is 12.3. The molecule has 3 N–H and O–H groups in total. The highest BCUT2D eigenvalue weighted by atomic mass is 35.5. The molecule has 7 heteroatoms. The van der Waals surface area contributed by atoms with Crippen LogP contribution in [0.15, 0.2) is 0 Å². The molecule has 1 fully saturated rings. The second-order valence-corrected chi connectivity index (χ2v) is 6.30. The molecule has 0 aromatic heterocycles. The van der Waals surface area contributed by atoms with Crippen molar-refractivity contribution in [2.45, 2.75) is 46.1 Å². The Kier molecular flexibility index (Phi) is 11.7. The summed E-state index contributed by atoms with van der Waals surface area (Å²) in [7, 11) is 0. The SMILES string of the molecule is CCC(CC)(CN)C(=O)NCCN1CCOCC1(C)C.Cl.Cl. The highest BCUT2D eigenvalue weighted by Crippen LogP contribution is 2.25. The molecular weight excluding hydrogens is 325 g/mol. The molecule has 1 heterocycles. The molecule has 0 spiro atoms. The molecule has 0 atom stereocenters. The standard InChI is InChI=1S/C15H31N3O2.2ClH/c1-5-15(6-2,11-16)13(19)17-7-8-18-9-10-20-12-14(18,3)4;;/h5-12,16H2,1-4H3,(H,17,19);2*1H. The zero-order chi connectivity index (χ0) is 15.2. The van der Waals surface area contributed by atoms with Crippen molar-refractivity contribution in [2.75, 3.05) is 39.4 Å². The van der Waals surface area contributed by atoms with Crippen molar-refractivity contribution < 1.29 is 9.53 Å². The van der Waals surface area contributed by atoms with Gasteiger partial charge in [-0.1, -0.05) is 13.8 Å². The Bertz CT molecular complexity index is 316. The van der Waals surface area contributed by atoms with E-state index in [1.807, 2.05) is 13.8 Å². The molecule has 5 nitrogen and oxygen atoms in total. The van der Waals surface area contributed by atoms with Crippen molar-refractivity contribution in [1.29, 1.82) is 0 Å². The monoisotopic (exact) mass is 357 g/mol. The number of amides is 1. The minimum Gasteiger partial charge on any atom is -0.378 e. The fourth-order valence-corrected chi connectivity index (χ4v) is 2.75. The highest BCUT2D eigenvalue weighted by Gasteiger charge is 2.34. The molecule has 1 aliphatic rings. The average molecular weight is 358 g/mol. The van der Waals surface area contributed by atoms with Gasteiger partial charge in [0.05, 0.1) is 18.6 Å². The summed E-state index contributed by atoms with van der Waals surface area (Å²) in [5.74, 6) is 0.0936. The minimum atomic E-state index is -0.402. The number of carbonyl (C=O) groups is 1. The first-order valence-electron chi connectivity index (χ1n) is 7.73. The van der Waals surface area contributed by atoms with Gasteiger partial charge in [-0.25, -0.2) is 0 Å². The van der Waals surface area contributed by atoms with Crippen LogP contribution in [0.2, 0.25) is 0 Å². The van der Waals surface area contributed by atoms with E-state index in [4.69, 9.17) is 10.5 Å². The van der Waals surface area contributed by atoms with Gasteiger partial charge in [-0.15, -0.1) is 24.8 Å². The van der Waals surface area contributed by atoms with Crippen LogP contribution in [0.5, 0.6) is 0 Å². The number of hydrogen-bond acceptors (Lipinski definition) is 4. The smallest absolute Gasteiger partial charge is 0.227 e. The number of rotatable bonds is 7. The van der Waals surface area contributed by atoms with Gasteiger partial charge in [0.1, 0.15) is 0 Å². The van der Waals surface area contributed by atoms with Gasteiger partial charge in [-0.2, -0.15) is 0 Å². The third-order valence-electron chi connectivity index (χ3n) is 4.71. The molecular formula is C15H33Cl2N3O2. The van der Waals surface area contributed by atoms with E-state index in [9.17, 15) is 4.79 Å². The molecule has 1 saturated heterocycles. The van der Waals surface area contributed by atoms with Crippen LogP contribution in [0.4, 0.5) is 0 Å². The lowest BCUT2D eigenvalue weighted by molar-refractivity contribution is -0.131. The van der Waals surface area contributed by atoms with E-state index < -0.39 is 5.41 Å². The van der Waals surface area contributed by atoms with Crippen LogP contribution in [0, 0.1) is 5.41 Å². The van der Waals surface area contributed by atoms with Crippen LogP contribution in [0.1, 0.15) is 40.5 Å². The molecule has 0 bridgehead atoms. The Balaban J connectivity index is 0. The molecule has 0 aromatic carbocycles. The van der Waals surface area contributed by atoms with E-state index in [2.05, 4.69) is 24.1 Å². The summed E-state index contributed by atoms with van der Waals surface area (Å²) in [6, 6.07) is 0. The zero-order valence-electron chi connectivity index (χ0n) is 14.3. The third kappa shape index (κ3) is 5.85. The first-order chi connectivity index (χ1) is 9.41. The number of ether oxygens (including phenoxy) is 1. The van der Waals surface area contributed by atoms with Crippen LogP contribution in [0.3, 0.4) is 0 Å². The fourth-order valence-electron chi connectivity index (χ4n) is 2.75. The second kappa shape index (κ2) is 10.7. The van der Waals surface area contributed by atoms with Crippen LogP contribution in [-0.2, 0) is 9.53 Å². The number of hydrogen-bond donors (Lipinski definition) is 2. The zero-order valence-corrected chi connectivity index (χ0v) is 15.9. The van der Waals surface area contributed by atoms with Gasteiger partial charge in [0.25, 0.3) is 0 Å². The summed E-state index contributed by atoms with van der Waals surface area (Å²) in [6.07, 6.45) is 1.57. The Morgan fingerprint density at radius 1 is 1.32 bits per heavy atom. The Morgan fingerprint density at radius 3 is 2.36 bits per heavy atom. The van der Waals surface area contributed by atoms with Crippen LogP contribution in [-0.4, -0.2) is 55.7 Å². The van der Waals surface area contributed by atoms with E-state index in [1.54, 1.807) is 0 Å². The third-order valence-corrected chi connectivity index (χ3v) is 4.71. The van der Waals surface area contributed by atoms with Crippen molar-refractivity contribution in [3.63, 3.8) is 0 Å². The summed E-state index contributed by atoms with van der Waals surface area (Å²) < 4.78 is 5.50. The number of nitrogens with two attached hydrogens (primary N) is 1. The van der Waals surface area contributed by atoms with Gasteiger partial charge >= 0.3 is 0 Å². The minimum absolute atomic E-state index is 0.